The van der Waals surface area contributed by atoms with Crippen molar-refractivity contribution in [1.82, 2.24) is 4.90 Å². The molecule has 1 aliphatic rings. The Balaban J connectivity index is 2.78. The van der Waals surface area contributed by atoms with Crippen LogP contribution >= 0.6 is 0 Å². The van der Waals surface area contributed by atoms with Crippen LogP contribution in [0.4, 0.5) is 0 Å². The SMILES string of the molecule is CC/C=C\C1(C)CC(O)CC1N(C)C. The van der Waals surface area contributed by atoms with Crippen molar-refractivity contribution in [2.24, 2.45) is 5.41 Å². The lowest BCUT2D eigenvalue weighted by atomic mass is 9.83. The van der Waals surface area contributed by atoms with Gasteiger partial charge in [0.2, 0.25) is 0 Å². The fraction of sp³-hybridized carbons (Fsp3) is 0.833. The van der Waals surface area contributed by atoms with Crippen LogP contribution in [0.2, 0.25) is 0 Å². The Hall–Kier alpha value is -0.340. The molecule has 0 bridgehead atoms. The van der Waals surface area contributed by atoms with Crippen molar-refractivity contribution in [3.8, 4) is 0 Å². The highest BCUT2D eigenvalue weighted by atomic mass is 16.3. The molecule has 0 saturated heterocycles. The van der Waals surface area contributed by atoms with Gasteiger partial charge in [-0.25, -0.2) is 0 Å². The molecule has 0 aromatic heterocycles. The highest BCUT2D eigenvalue weighted by Gasteiger charge is 2.42. The van der Waals surface area contributed by atoms with E-state index in [9.17, 15) is 5.11 Å². The molecule has 0 heterocycles. The van der Waals surface area contributed by atoms with Crippen LogP contribution in [0.1, 0.15) is 33.1 Å². The Kier molecular flexibility index (Phi) is 3.73. The van der Waals surface area contributed by atoms with E-state index in [4.69, 9.17) is 0 Å². The summed E-state index contributed by atoms with van der Waals surface area (Å²) in [4.78, 5) is 2.23. The Morgan fingerprint density at radius 2 is 2.14 bits per heavy atom. The molecule has 2 nitrogen and oxygen atoms in total. The van der Waals surface area contributed by atoms with Gasteiger partial charge in [0, 0.05) is 11.5 Å². The van der Waals surface area contributed by atoms with Crippen LogP contribution in [0, 0.1) is 5.41 Å². The average molecular weight is 197 g/mol. The summed E-state index contributed by atoms with van der Waals surface area (Å²) in [5, 5.41) is 9.72. The van der Waals surface area contributed by atoms with E-state index in [1.165, 1.54) is 0 Å². The number of hydrogen-bond donors (Lipinski definition) is 1. The molecule has 82 valence electrons. The first-order valence-electron chi connectivity index (χ1n) is 5.52. The van der Waals surface area contributed by atoms with Crippen molar-refractivity contribution in [2.45, 2.75) is 45.3 Å². The zero-order valence-corrected chi connectivity index (χ0v) is 9.83. The highest BCUT2D eigenvalue weighted by molar-refractivity contribution is 5.09. The van der Waals surface area contributed by atoms with E-state index in [1.54, 1.807) is 0 Å². The minimum absolute atomic E-state index is 0.131. The second kappa shape index (κ2) is 4.45. The van der Waals surface area contributed by atoms with Gasteiger partial charge < -0.3 is 10.0 Å². The zero-order valence-electron chi connectivity index (χ0n) is 9.83. The fourth-order valence-electron chi connectivity index (χ4n) is 2.62. The lowest BCUT2D eigenvalue weighted by Crippen LogP contribution is -2.37. The maximum atomic E-state index is 9.72. The van der Waals surface area contributed by atoms with Gasteiger partial charge in [0.15, 0.2) is 0 Å². The quantitative estimate of drug-likeness (QED) is 0.700. The minimum Gasteiger partial charge on any atom is -0.393 e. The van der Waals surface area contributed by atoms with Crippen LogP contribution < -0.4 is 0 Å². The first kappa shape index (κ1) is 11.7. The van der Waals surface area contributed by atoms with Gasteiger partial charge in [-0.2, -0.15) is 0 Å². The molecule has 0 aliphatic heterocycles. The normalized spacial score (nSPS) is 38.7. The van der Waals surface area contributed by atoms with Crippen LogP contribution in [0.15, 0.2) is 12.2 Å². The molecule has 1 rings (SSSR count). The third-order valence-electron chi connectivity index (χ3n) is 3.29. The smallest absolute Gasteiger partial charge is 0.0564 e. The third kappa shape index (κ3) is 2.37. The molecule has 0 aromatic rings. The molecule has 0 aromatic carbocycles. The second-order valence-electron chi connectivity index (χ2n) is 4.89. The maximum Gasteiger partial charge on any atom is 0.0564 e. The molecule has 3 unspecified atom stereocenters. The van der Waals surface area contributed by atoms with Crippen LogP contribution in [-0.4, -0.2) is 36.2 Å². The number of rotatable bonds is 3. The molecule has 2 heteroatoms. The van der Waals surface area contributed by atoms with E-state index in [0.29, 0.717) is 6.04 Å². The van der Waals surface area contributed by atoms with E-state index in [-0.39, 0.29) is 11.5 Å². The lowest BCUT2D eigenvalue weighted by molar-refractivity contribution is 0.169. The Bertz CT molecular complexity index is 212. The number of hydrogen-bond acceptors (Lipinski definition) is 2. The van der Waals surface area contributed by atoms with Crippen molar-refractivity contribution < 1.29 is 5.11 Å². The van der Waals surface area contributed by atoms with Gasteiger partial charge in [0.1, 0.15) is 0 Å². The highest BCUT2D eigenvalue weighted by Crippen LogP contribution is 2.41. The second-order valence-corrected chi connectivity index (χ2v) is 4.89. The van der Waals surface area contributed by atoms with Gasteiger partial charge in [0.25, 0.3) is 0 Å². The van der Waals surface area contributed by atoms with Gasteiger partial charge in [-0.05, 0) is 33.4 Å². The van der Waals surface area contributed by atoms with Gasteiger partial charge in [0.05, 0.1) is 6.10 Å². The summed E-state index contributed by atoms with van der Waals surface area (Å²) >= 11 is 0. The molecule has 0 spiro atoms. The van der Waals surface area contributed by atoms with Crippen molar-refractivity contribution in [3.63, 3.8) is 0 Å². The molecule has 1 aliphatic carbocycles. The van der Waals surface area contributed by atoms with Gasteiger partial charge >= 0.3 is 0 Å². The monoisotopic (exact) mass is 197 g/mol. The molecule has 1 fully saturated rings. The molecule has 1 N–H and O–H groups in total. The molecular weight excluding hydrogens is 174 g/mol. The summed E-state index contributed by atoms with van der Waals surface area (Å²) in [6, 6.07) is 0.472. The number of nitrogens with zero attached hydrogens (tertiary/aromatic N) is 1. The summed E-state index contributed by atoms with van der Waals surface area (Å²) in [6.45, 7) is 4.40. The topological polar surface area (TPSA) is 23.5 Å². The number of aliphatic hydroxyl groups is 1. The Morgan fingerprint density at radius 3 is 2.64 bits per heavy atom. The zero-order chi connectivity index (χ0) is 10.8. The summed E-state index contributed by atoms with van der Waals surface area (Å²) in [5.74, 6) is 0. The first-order valence-corrected chi connectivity index (χ1v) is 5.52. The lowest BCUT2D eigenvalue weighted by Gasteiger charge is -2.33. The van der Waals surface area contributed by atoms with E-state index in [0.717, 1.165) is 19.3 Å². The Morgan fingerprint density at radius 1 is 1.50 bits per heavy atom. The van der Waals surface area contributed by atoms with Crippen molar-refractivity contribution in [2.75, 3.05) is 14.1 Å². The minimum atomic E-state index is -0.131. The van der Waals surface area contributed by atoms with E-state index in [2.05, 4.69) is 45.0 Å². The summed E-state index contributed by atoms with van der Waals surface area (Å²) in [7, 11) is 4.20. The summed E-state index contributed by atoms with van der Waals surface area (Å²) in [6.07, 6.45) is 7.24. The number of aliphatic hydroxyl groups excluding tert-OH is 1. The van der Waals surface area contributed by atoms with Crippen molar-refractivity contribution >= 4 is 0 Å². The molecule has 3 atom stereocenters. The van der Waals surface area contributed by atoms with Gasteiger partial charge in [-0.1, -0.05) is 26.0 Å². The fourth-order valence-corrected chi connectivity index (χ4v) is 2.62. The summed E-state index contributed by atoms with van der Waals surface area (Å²) in [5.41, 5.74) is 0.152. The van der Waals surface area contributed by atoms with Gasteiger partial charge in [-0.15, -0.1) is 0 Å². The van der Waals surface area contributed by atoms with Crippen LogP contribution in [0.3, 0.4) is 0 Å². The maximum absolute atomic E-state index is 9.72. The van der Waals surface area contributed by atoms with Crippen molar-refractivity contribution in [1.29, 1.82) is 0 Å². The van der Waals surface area contributed by atoms with Gasteiger partial charge in [-0.3, -0.25) is 0 Å². The molecule has 0 radical (unpaired) electrons. The standard InChI is InChI=1S/C12H23NO/c1-5-6-7-12(2)9-10(14)8-11(12)13(3)4/h6-7,10-11,14H,5,8-9H2,1-4H3/b7-6-. The predicted molar refractivity (Wildman–Crippen MR) is 60.3 cm³/mol. The van der Waals surface area contributed by atoms with E-state index in [1.807, 2.05) is 0 Å². The summed E-state index contributed by atoms with van der Waals surface area (Å²) < 4.78 is 0. The van der Waals surface area contributed by atoms with Crippen LogP contribution in [-0.2, 0) is 0 Å². The average Bonchev–Trinajstić information content (AvgIpc) is 2.39. The van der Waals surface area contributed by atoms with E-state index < -0.39 is 0 Å². The largest absolute Gasteiger partial charge is 0.393 e. The molecule has 0 amide bonds. The molecule has 1 saturated carbocycles. The Labute approximate surface area is 87.6 Å². The van der Waals surface area contributed by atoms with Crippen LogP contribution in [0.5, 0.6) is 0 Å². The predicted octanol–water partition coefficient (Wildman–Crippen LogP) is 2.04. The van der Waals surface area contributed by atoms with Crippen molar-refractivity contribution in [3.05, 3.63) is 12.2 Å². The van der Waals surface area contributed by atoms with Crippen LogP contribution in [0.25, 0.3) is 0 Å². The third-order valence-corrected chi connectivity index (χ3v) is 3.29. The molecular formula is C12H23NO. The van der Waals surface area contributed by atoms with E-state index >= 15 is 0 Å². The molecule has 14 heavy (non-hydrogen) atoms. The first-order chi connectivity index (χ1) is 6.49. The number of allylic oxidation sites excluding steroid dienone is 1.